The summed E-state index contributed by atoms with van der Waals surface area (Å²) in [5.41, 5.74) is 24.2. The quantitative estimate of drug-likeness (QED) is 0.155. The second kappa shape index (κ2) is 15.4. The van der Waals surface area contributed by atoms with Gasteiger partial charge in [-0.3, -0.25) is 4.90 Å². The van der Waals surface area contributed by atoms with Crippen molar-refractivity contribution in [2.24, 2.45) is 0 Å². The maximum Gasteiger partial charge on any atom is 0.162 e. The highest BCUT2D eigenvalue weighted by Crippen LogP contribution is 2.66. The Hall–Kier alpha value is -10.1. The molecular weight excluding hydrogens is 1000 g/mol. The molecule has 0 N–H and O–H groups in total. The lowest BCUT2D eigenvalue weighted by Crippen LogP contribution is -2.74. The molecule has 5 nitrogen and oxygen atoms in total. The summed E-state index contributed by atoms with van der Waals surface area (Å²) in [7, 11) is -3.03. The summed E-state index contributed by atoms with van der Waals surface area (Å²) >= 11 is 0. The third kappa shape index (κ3) is 5.15. The van der Waals surface area contributed by atoms with Crippen LogP contribution in [0.2, 0.25) is 6.55 Å². The molecule has 5 heterocycles. The summed E-state index contributed by atoms with van der Waals surface area (Å²) in [5.74, 6) is 3.32. The number of benzene rings is 12. The van der Waals surface area contributed by atoms with Crippen LogP contribution in [0.15, 0.2) is 267 Å². The summed E-state index contributed by atoms with van der Waals surface area (Å²) in [6.07, 6.45) is 0. The van der Waals surface area contributed by atoms with Crippen molar-refractivity contribution in [3.8, 4) is 45.3 Å². The molecular formula is C75H47N3O2Si. The average molecular weight is 1050 g/mol. The maximum atomic E-state index is 7.09. The molecule has 0 spiro atoms. The van der Waals surface area contributed by atoms with Crippen molar-refractivity contribution in [2.45, 2.75) is 17.4 Å². The van der Waals surface area contributed by atoms with E-state index in [1.165, 1.54) is 105 Å². The van der Waals surface area contributed by atoms with Gasteiger partial charge < -0.3 is 19.3 Å². The van der Waals surface area contributed by atoms with Crippen LogP contribution in [0, 0.1) is 0 Å². The minimum Gasteiger partial charge on any atom is -0.453 e. The normalized spacial score (nSPS) is 15.9. The molecule has 12 aromatic carbocycles. The molecule has 81 heavy (non-hydrogen) atoms. The number of nitrogens with zero attached hydrogens (tertiary/aromatic N) is 3. The molecule has 2 aliphatic carbocycles. The van der Waals surface area contributed by atoms with Crippen molar-refractivity contribution in [1.29, 1.82) is 0 Å². The van der Waals surface area contributed by atoms with E-state index in [2.05, 4.69) is 282 Å². The van der Waals surface area contributed by atoms with Crippen molar-refractivity contribution < 1.29 is 9.47 Å². The standard InChI is InChI=1S/C75H47N3O2Si/c1-81-71-60-32-18-33-61(71)77(51-37-39-55-53-29-15-17-31-57(53)75(59(55)45-51,48-24-10-4-11-25-48)49-26-12-5-13-27-49)63-41-43-67-70(73(63)81)78-68-64(34-19-35-65(68)80-67)79-66-42-40-62(72(81)69(66)78)76(60)50-36-38-54-52-28-14-16-30-56(52)74(58(54)44-50,46-20-6-2-7-21-46)47-22-8-3-9-23-47/h2-45H,1H3. The summed E-state index contributed by atoms with van der Waals surface area (Å²) in [6.45, 7) is 2.61. The SMILES string of the molecule is C[Si]12c3c4cccc3N(c3ccc5c(c3)C(c3ccccc3)(c3ccccc3)c3ccccc3-5)c3ccc5c(c31)N1c3c(cccc3O5)Oc3ccc(c2c31)N4c1ccc2c(c1)C(c1ccccc1)(c1ccccc1)c1ccccc1-2. The van der Waals surface area contributed by atoms with Crippen LogP contribution in [-0.2, 0) is 10.8 Å². The molecule has 0 unspecified atom stereocenters. The van der Waals surface area contributed by atoms with Gasteiger partial charge in [0.25, 0.3) is 0 Å². The number of hydrogen-bond acceptors (Lipinski definition) is 5. The first-order chi connectivity index (χ1) is 40.1. The second-order valence-corrected chi connectivity index (χ2v) is 26.5. The van der Waals surface area contributed by atoms with Crippen LogP contribution in [0.3, 0.4) is 0 Å². The molecule has 12 aromatic rings. The van der Waals surface area contributed by atoms with Crippen LogP contribution in [0.5, 0.6) is 23.0 Å². The smallest absolute Gasteiger partial charge is 0.162 e. The molecule has 378 valence electrons. The molecule has 6 heteroatoms. The second-order valence-electron chi connectivity index (χ2n) is 22.7. The third-order valence-corrected chi connectivity index (χ3v) is 23.7. The van der Waals surface area contributed by atoms with Gasteiger partial charge >= 0.3 is 0 Å². The fraction of sp³-hybridized carbons (Fsp3) is 0.0400. The van der Waals surface area contributed by atoms with Crippen molar-refractivity contribution in [1.82, 2.24) is 0 Å². The molecule has 0 amide bonds. The Morgan fingerprint density at radius 1 is 0.284 bits per heavy atom. The largest absolute Gasteiger partial charge is 0.453 e. The number of ether oxygens (including phenoxy) is 2. The first-order valence-corrected chi connectivity index (χ1v) is 30.7. The van der Waals surface area contributed by atoms with Gasteiger partial charge in [-0.1, -0.05) is 201 Å². The number of rotatable bonds is 6. The van der Waals surface area contributed by atoms with Gasteiger partial charge in [0, 0.05) is 44.5 Å². The zero-order chi connectivity index (χ0) is 52.9. The molecule has 0 saturated heterocycles. The Morgan fingerprint density at radius 3 is 1.07 bits per heavy atom. The lowest BCUT2D eigenvalue weighted by atomic mass is 9.67. The highest BCUT2D eigenvalue weighted by molar-refractivity contribution is 7.16. The first kappa shape index (κ1) is 43.8. The van der Waals surface area contributed by atoms with Crippen molar-refractivity contribution in [3.05, 3.63) is 311 Å². The molecule has 0 aromatic heterocycles. The Morgan fingerprint density at radius 2 is 0.642 bits per heavy atom. The Bertz CT molecular complexity index is 4390. The lowest BCUT2D eigenvalue weighted by Gasteiger charge is -2.55. The molecule has 7 aliphatic rings. The van der Waals surface area contributed by atoms with Gasteiger partial charge in [-0.05, 0) is 145 Å². The van der Waals surface area contributed by atoms with E-state index in [0.29, 0.717) is 0 Å². The molecule has 0 fully saturated rings. The van der Waals surface area contributed by atoms with Gasteiger partial charge in [0.1, 0.15) is 5.69 Å². The van der Waals surface area contributed by atoms with Crippen molar-refractivity contribution in [3.63, 3.8) is 0 Å². The van der Waals surface area contributed by atoms with E-state index in [1.807, 2.05) is 6.07 Å². The van der Waals surface area contributed by atoms with E-state index in [9.17, 15) is 0 Å². The highest BCUT2D eigenvalue weighted by Gasteiger charge is 2.60. The summed E-state index contributed by atoms with van der Waals surface area (Å²) < 4.78 is 14.2. The van der Waals surface area contributed by atoms with E-state index in [0.717, 1.165) is 51.4 Å². The predicted octanol–water partition coefficient (Wildman–Crippen LogP) is 17.1. The zero-order valence-corrected chi connectivity index (χ0v) is 45.1. The summed E-state index contributed by atoms with van der Waals surface area (Å²) in [4.78, 5) is 7.72. The number of para-hydroxylation sites is 1. The van der Waals surface area contributed by atoms with E-state index >= 15 is 0 Å². The van der Waals surface area contributed by atoms with Gasteiger partial charge in [0.2, 0.25) is 0 Å². The lowest BCUT2D eigenvalue weighted by molar-refractivity contribution is 0.446. The van der Waals surface area contributed by atoms with Gasteiger partial charge in [-0.2, -0.15) is 0 Å². The molecule has 19 rings (SSSR count). The highest BCUT2D eigenvalue weighted by atomic mass is 28.3. The van der Waals surface area contributed by atoms with Crippen LogP contribution in [-0.4, -0.2) is 8.07 Å². The summed E-state index contributed by atoms with van der Waals surface area (Å²) in [5, 5.41) is 4.08. The predicted molar refractivity (Wildman–Crippen MR) is 329 cm³/mol. The van der Waals surface area contributed by atoms with E-state index in [-0.39, 0.29) is 0 Å². The Labute approximate surface area is 470 Å². The van der Waals surface area contributed by atoms with Crippen molar-refractivity contribution in [2.75, 3.05) is 14.7 Å². The van der Waals surface area contributed by atoms with Gasteiger partial charge in [0.15, 0.2) is 31.1 Å². The zero-order valence-electron chi connectivity index (χ0n) is 44.1. The number of anilines is 9. The minimum atomic E-state index is -3.03. The molecule has 0 radical (unpaired) electrons. The third-order valence-electron chi connectivity index (χ3n) is 19.2. The topological polar surface area (TPSA) is 28.2 Å². The van der Waals surface area contributed by atoms with Crippen LogP contribution in [0.25, 0.3) is 22.3 Å². The van der Waals surface area contributed by atoms with Crippen LogP contribution >= 0.6 is 0 Å². The summed E-state index contributed by atoms with van der Waals surface area (Å²) in [6, 6.07) is 99.8. The molecule has 0 bridgehead atoms. The van der Waals surface area contributed by atoms with E-state index in [1.54, 1.807) is 0 Å². The van der Waals surface area contributed by atoms with Crippen LogP contribution in [0.4, 0.5) is 51.2 Å². The number of fused-ring (bicyclic) bond motifs is 6. The number of hydrogen-bond donors (Lipinski definition) is 0. The van der Waals surface area contributed by atoms with E-state index in [4.69, 9.17) is 9.47 Å². The molecule has 0 atom stereocenters. The van der Waals surface area contributed by atoms with Crippen LogP contribution < -0.4 is 39.7 Å². The Kier molecular flexibility index (Phi) is 8.30. The molecule has 0 saturated carbocycles. The average Bonchev–Trinajstić information content (AvgIpc) is 1.91. The van der Waals surface area contributed by atoms with E-state index < -0.39 is 18.9 Å². The maximum absolute atomic E-state index is 7.09. The van der Waals surface area contributed by atoms with Gasteiger partial charge in [-0.15, -0.1) is 0 Å². The monoisotopic (exact) mass is 1050 g/mol. The minimum absolute atomic E-state index is 0.575. The first-order valence-electron chi connectivity index (χ1n) is 28.2. The van der Waals surface area contributed by atoms with Gasteiger partial charge in [0.05, 0.1) is 22.2 Å². The van der Waals surface area contributed by atoms with Crippen molar-refractivity contribution >= 4 is 74.8 Å². The van der Waals surface area contributed by atoms with Crippen LogP contribution in [0.1, 0.15) is 44.5 Å². The molecule has 5 aliphatic heterocycles. The van der Waals surface area contributed by atoms with Gasteiger partial charge in [-0.25, -0.2) is 0 Å². The fourth-order valence-electron chi connectivity index (χ4n) is 16.3. The fourth-order valence-corrected chi connectivity index (χ4v) is 21.3. The Balaban J connectivity index is 0.909.